The number of hydrogen-bond donors (Lipinski definition) is 3. The molecule has 1 heterocycles. The topological polar surface area (TPSA) is 115 Å². The van der Waals surface area contributed by atoms with Gasteiger partial charge >= 0.3 is 25.8 Å². The monoisotopic (exact) mass is 577 g/mol. The molecule has 3 unspecified atom stereocenters. The molecule has 2 aromatic carbocycles. The summed E-state index contributed by atoms with van der Waals surface area (Å²) in [5.74, 6) is -0.365. The third-order valence-electron chi connectivity index (χ3n) is 5.44. The second-order valence-electron chi connectivity index (χ2n) is 8.34. The Morgan fingerprint density at radius 1 is 1.21 bits per heavy atom. The van der Waals surface area contributed by atoms with Crippen molar-refractivity contribution >= 4 is 36.9 Å². The Morgan fingerprint density at radius 3 is 2.58 bits per heavy atom. The number of anilines is 1. The van der Waals surface area contributed by atoms with Crippen LogP contribution in [0.1, 0.15) is 31.0 Å². The van der Waals surface area contributed by atoms with Crippen LogP contribution < -0.4 is 20.5 Å². The maximum atomic E-state index is 13.4. The molecule has 1 aliphatic heterocycles. The maximum Gasteiger partial charge on any atom is 0.413 e. The van der Waals surface area contributed by atoms with Gasteiger partial charge in [-0.05, 0) is 56.6 Å². The number of urea groups is 1. The summed E-state index contributed by atoms with van der Waals surface area (Å²) in [6, 6.07) is 7.84. The molecule has 0 radical (unpaired) electrons. The average molecular weight is 578 g/mol. The number of carbonyl (C=O) groups is 2. The van der Waals surface area contributed by atoms with Gasteiger partial charge in [-0.25, -0.2) is 14.2 Å². The summed E-state index contributed by atoms with van der Waals surface area (Å²) < 4.78 is 69.5. The number of amides is 2. The van der Waals surface area contributed by atoms with Gasteiger partial charge in [0.05, 0.1) is 12.8 Å². The highest BCUT2D eigenvalue weighted by molar-refractivity contribution is 7.54. The van der Waals surface area contributed by atoms with E-state index in [0.29, 0.717) is 24.3 Å². The highest BCUT2D eigenvalue weighted by Crippen LogP contribution is 2.49. The molecule has 0 aliphatic carbocycles. The molecule has 3 atom stereocenters. The van der Waals surface area contributed by atoms with Gasteiger partial charge in [-0.2, -0.15) is 13.2 Å². The van der Waals surface area contributed by atoms with E-state index in [0.717, 1.165) is 0 Å². The van der Waals surface area contributed by atoms with Crippen molar-refractivity contribution in [3.63, 3.8) is 0 Å². The van der Waals surface area contributed by atoms with E-state index in [2.05, 4.69) is 10.6 Å². The predicted octanol–water partition coefficient (Wildman–Crippen LogP) is 5.45. The number of benzene rings is 2. The van der Waals surface area contributed by atoms with Gasteiger partial charge in [0.25, 0.3) is 0 Å². The summed E-state index contributed by atoms with van der Waals surface area (Å²) in [5, 5.41) is 7.40. The van der Waals surface area contributed by atoms with Gasteiger partial charge in [0, 0.05) is 22.8 Å². The molecule has 2 amide bonds. The normalized spacial score (nSPS) is 17.4. The Labute approximate surface area is 222 Å². The van der Waals surface area contributed by atoms with Crippen LogP contribution in [0.4, 0.5) is 23.7 Å². The number of hydrogen-bond acceptors (Lipinski definition) is 7. The highest BCUT2D eigenvalue weighted by atomic mass is 35.5. The van der Waals surface area contributed by atoms with Gasteiger partial charge in [-0.3, -0.25) is 4.52 Å². The van der Waals surface area contributed by atoms with Crippen molar-refractivity contribution in [1.82, 2.24) is 10.6 Å². The maximum absolute atomic E-state index is 13.4. The lowest BCUT2D eigenvalue weighted by molar-refractivity contribution is -0.155. The molecule has 0 aromatic heterocycles. The van der Waals surface area contributed by atoms with Crippen LogP contribution in [0.15, 0.2) is 42.5 Å². The molecule has 14 heteroatoms. The molecule has 0 saturated heterocycles. The molecule has 208 valence electrons. The number of fused-ring (bicyclic) bond motifs is 1. The van der Waals surface area contributed by atoms with E-state index in [1.54, 1.807) is 37.3 Å². The molecule has 0 saturated carbocycles. The Bertz CT molecular complexity index is 1180. The molecule has 0 spiro atoms. The fourth-order valence-corrected chi connectivity index (χ4v) is 5.62. The summed E-state index contributed by atoms with van der Waals surface area (Å²) in [6.07, 6.45) is -5.58. The molecule has 38 heavy (non-hydrogen) atoms. The second-order valence-corrected chi connectivity index (χ2v) is 10.8. The second kappa shape index (κ2) is 12.8. The van der Waals surface area contributed by atoms with Gasteiger partial charge in [-0.15, -0.1) is 0 Å². The number of rotatable bonds is 12. The first kappa shape index (κ1) is 29.8. The van der Waals surface area contributed by atoms with E-state index < -0.39 is 37.9 Å². The molecule has 2 aromatic rings. The van der Waals surface area contributed by atoms with E-state index in [1.165, 1.54) is 19.1 Å². The van der Waals surface area contributed by atoms with Crippen LogP contribution in [-0.4, -0.2) is 50.1 Å². The quantitative estimate of drug-likeness (QED) is 0.175. The van der Waals surface area contributed by atoms with Crippen molar-refractivity contribution in [2.24, 2.45) is 0 Å². The molecule has 1 aliphatic rings. The SMILES string of the molecule is CCOC(=O)C(C)OP(=O)(CCNCCc1cc2c(cc1Cl)C(C(F)(F)F)NC(=O)N2)Oc1ccccc1. The van der Waals surface area contributed by atoms with Crippen LogP contribution in [-0.2, 0) is 25.0 Å². The van der Waals surface area contributed by atoms with Crippen molar-refractivity contribution in [1.29, 1.82) is 0 Å². The first-order valence-corrected chi connectivity index (χ1v) is 13.9. The van der Waals surface area contributed by atoms with Crippen LogP contribution >= 0.6 is 19.2 Å². The minimum Gasteiger partial charge on any atom is -0.464 e. The van der Waals surface area contributed by atoms with Gasteiger partial charge < -0.3 is 25.2 Å². The number of nitrogens with one attached hydrogen (secondary N) is 3. The van der Waals surface area contributed by atoms with Crippen LogP contribution in [0, 0.1) is 0 Å². The number of ether oxygens (including phenoxy) is 1. The summed E-state index contributed by atoms with van der Waals surface area (Å²) in [4.78, 5) is 23.7. The van der Waals surface area contributed by atoms with E-state index in [4.69, 9.17) is 25.4 Å². The van der Waals surface area contributed by atoms with Crippen LogP contribution in [0.2, 0.25) is 5.02 Å². The van der Waals surface area contributed by atoms with Crippen molar-refractivity contribution in [2.75, 3.05) is 31.2 Å². The van der Waals surface area contributed by atoms with E-state index in [1.807, 2.05) is 5.32 Å². The van der Waals surface area contributed by atoms with Gasteiger partial charge in [-0.1, -0.05) is 29.8 Å². The molecule has 3 rings (SSSR count). The molecular weight excluding hydrogens is 550 g/mol. The number of halogens is 4. The smallest absolute Gasteiger partial charge is 0.413 e. The number of esters is 1. The van der Waals surface area contributed by atoms with Crippen molar-refractivity contribution in [3.05, 3.63) is 58.6 Å². The summed E-state index contributed by atoms with van der Waals surface area (Å²) in [6.45, 7) is 3.68. The van der Waals surface area contributed by atoms with E-state index >= 15 is 0 Å². The standard InChI is InChI=1S/C24H28ClF3N3O6P/c1-3-35-22(32)15(2)36-38(34,37-17-7-5-4-6-8-17)12-11-29-10-9-16-13-20-18(14-19(16)25)21(24(26,27)28)31-23(33)30-20/h4-8,13-15,21,29H,3,9-12H2,1-2H3,(H2,30,31,33). The fraction of sp³-hybridized carbons (Fsp3) is 0.417. The molecular formula is C24H28ClF3N3O6P. The van der Waals surface area contributed by atoms with Gasteiger partial charge in [0.1, 0.15) is 5.75 Å². The van der Waals surface area contributed by atoms with Crippen molar-refractivity contribution in [3.8, 4) is 5.75 Å². The average Bonchev–Trinajstić information content (AvgIpc) is 2.84. The first-order chi connectivity index (χ1) is 17.9. The minimum absolute atomic E-state index is 0.0255. The Morgan fingerprint density at radius 2 is 1.92 bits per heavy atom. The van der Waals surface area contributed by atoms with Gasteiger partial charge in [0.15, 0.2) is 12.1 Å². The molecule has 9 nitrogen and oxygen atoms in total. The van der Waals surface area contributed by atoms with Crippen molar-refractivity contribution in [2.45, 2.75) is 38.6 Å². The van der Waals surface area contributed by atoms with Crippen molar-refractivity contribution < 1.29 is 41.1 Å². The van der Waals surface area contributed by atoms with Crippen LogP contribution in [0.3, 0.4) is 0 Å². The lowest BCUT2D eigenvalue weighted by atomic mass is 9.98. The van der Waals surface area contributed by atoms with Crippen LogP contribution in [0.25, 0.3) is 0 Å². The van der Waals surface area contributed by atoms with Gasteiger partial charge in [0.2, 0.25) is 0 Å². The fourth-order valence-electron chi connectivity index (χ4n) is 3.67. The number of alkyl halides is 3. The molecule has 0 bridgehead atoms. The number of para-hydroxylation sites is 1. The third-order valence-corrected chi connectivity index (χ3v) is 7.69. The first-order valence-electron chi connectivity index (χ1n) is 11.8. The lowest BCUT2D eigenvalue weighted by Crippen LogP contribution is -2.44. The lowest BCUT2D eigenvalue weighted by Gasteiger charge is -2.29. The zero-order valence-electron chi connectivity index (χ0n) is 20.6. The Hall–Kier alpha value is -2.79. The molecule has 3 N–H and O–H groups in total. The van der Waals surface area contributed by atoms with E-state index in [-0.39, 0.29) is 35.6 Å². The third kappa shape index (κ3) is 8.10. The van der Waals surface area contributed by atoms with E-state index in [9.17, 15) is 27.3 Å². The zero-order chi connectivity index (χ0) is 27.9. The minimum atomic E-state index is -4.68. The van der Waals surface area contributed by atoms with Crippen LogP contribution in [0.5, 0.6) is 5.75 Å². The highest BCUT2D eigenvalue weighted by Gasteiger charge is 2.45. The Balaban J connectivity index is 1.62. The predicted molar refractivity (Wildman–Crippen MR) is 136 cm³/mol. The Kier molecular flexibility index (Phi) is 10.1. The zero-order valence-corrected chi connectivity index (χ0v) is 22.3. The largest absolute Gasteiger partial charge is 0.464 e. The summed E-state index contributed by atoms with van der Waals surface area (Å²) >= 11 is 6.24. The summed E-state index contributed by atoms with van der Waals surface area (Å²) in [5.41, 5.74) is 0.361. The number of carbonyl (C=O) groups excluding carboxylic acids is 2. The molecule has 0 fully saturated rings. The summed E-state index contributed by atoms with van der Waals surface area (Å²) in [7, 11) is -3.79.